The number of imide groups is 1. The number of allylic oxidation sites excluding steroid dienone is 1. The summed E-state index contributed by atoms with van der Waals surface area (Å²) in [5.41, 5.74) is 1.11. The molecular formula is C20H14N4O5S. The lowest BCUT2D eigenvalue weighted by atomic mass is 10.1. The van der Waals surface area contributed by atoms with Crippen molar-refractivity contribution in [1.82, 2.24) is 9.47 Å². The fraction of sp³-hybridized carbons (Fsp3) is 0.100. The summed E-state index contributed by atoms with van der Waals surface area (Å²) < 4.78 is 2.27. The first-order valence-electron chi connectivity index (χ1n) is 8.82. The van der Waals surface area contributed by atoms with E-state index < -0.39 is 29.2 Å². The number of fused-ring (bicyclic) bond motifs is 2. The Morgan fingerprint density at radius 3 is 2.43 bits per heavy atom. The second-order valence-electron chi connectivity index (χ2n) is 6.44. The molecule has 2 aromatic carbocycles. The Balaban J connectivity index is 1.69. The van der Waals surface area contributed by atoms with Gasteiger partial charge >= 0.3 is 0 Å². The van der Waals surface area contributed by atoms with Crippen LogP contribution in [0.4, 0.5) is 5.69 Å². The van der Waals surface area contributed by atoms with Crippen LogP contribution in [0.15, 0.2) is 60.1 Å². The summed E-state index contributed by atoms with van der Waals surface area (Å²) in [5, 5.41) is 11.0. The van der Waals surface area contributed by atoms with Gasteiger partial charge in [-0.1, -0.05) is 29.5 Å². The van der Waals surface area contributed by atoms with Crippen molar-refractivity contribution in [3.63, 3.8) is 0 Å². The summed E-state index contributed by atoms with van der Waals surface area (Å²) in [4.78, 5) is 53.2. The second kappa shape index (κ2) is 7.48. The van der Waals surface area contributed by atoms with Crippen molar-refractivity contribution in [2.75, 3.05) is 6.54 Å². The Labute approximate surface area is 173 Å². The van der Waals surface area contributed by atoms with Crippen molar-refractivity contribution in [3.05, 3.63) is 81.2 Å². The van der Waals surface area contributed by atoms with E-state index >= 15 is 0 Å². The Kier molecular flexibility index (Phi) is 4.84. The number of thiazole rings is 1. The zero-order chi connectivity index (χ0) is 21.4. The van der Waals surface area contributed by atoms with E-state index in [2.05, 4.69) is 11.6 Å². The fourth-order valence-corrected chi connectivity index (χ4v) is 4.32. The summed E-state index contributed by atoms with van der Waals surface area (Å²) in [6.07, 6.45) is 1.61. The van der Waals surface area contributed by atoms with E-state index in [1.165, 1.54) is 24.3 Å². The van der Waals surface area contributed by atoms with Gasteiger partial charge < -0.3 is 4.57 Å². The smallest absolute Gasteiger partial charge is 0.270 e. The number of hydrogen-bond donors (Lipinski definition) is 0. The van der Waals surface area contributed by atoms with Gasteiger partial charge in [-0.05, 0) is 18.2 Å². The number of nitrogens with zero attached hydrogens (tertiary/aromatic N) is 4. The summed E-state index contributed by atoms with van der Waals surface area (Å²) in [7, 11) is 0. The van der Waals surface area contributed by atoms with Crippen LogP contribution in [-0.4, -0.2) is 38.7 Å². The first-order chi connectivity index (χ1) is 14.4. The number of hydrogen-bond acceptors (Lipinski definition) is 6. The van der Waals surface area contributed by atoms with E-state index in [0.717, 1.165) is 16.2 Å². The molecule has 1 aromatic heterocycles. The van der Waals surface area contributed by atoms with Crippen molar-refractivity contribution in [3.8, 4) is 0 Å². The van der Waals surface area contributed by atoms with Gasteiger partial charge in [-0.25, -0.2) is 0 Å². The molecule has 0 unspecified atom stereocenters. The molecule has 0 saturated carbocycles. The molecule has 4 rings (SSSR count). The van der Waals surface area contributed by atoms with Gasteiger partial charge in [0.05, 0.1) is 26.3 Å². The van der Waals surface area contributed by atoms with E-state index in [4.69, 9.17) is 0 Å². The van der Waals surface area contributed by atoms with E-state index in [1.807, 2.05) is 0 Å². The minimum absolute atomic E-state index is 0.0709. The topological polar surface area (TPSA) is 115 Å². The molecule has 0 saturated heterocycles. The SMILES string of the molecule is C=CCn1c(=NC(=O)CN2C(=O)c3ccccc3C2=O)sc2cc([N+](=O)[O-])ccc21. The Morgan fingerprint density at radius 1 is 1.17 bits per heavy atom. The third-order valence-electron chi connectivity index (χ3n) is 4.58. The lowest BCUT2D eigenvalue weighted by molar-refractivity contribution is -0.384. The zero-order valence-electron chi connectivity index (χ0n) is 15.5. The summed E-state index contributed by atoms with van der Waals surface area (Å²) in [5.74, 6) is -1.75. The van der Waals surface area contributed by atoms with Gasteiger partial charge in [0, 0.05) is 18.7 Å². The molecule has 1 aliphatic rings. The van der Waals surface area contributed by atoms with Crippen LogP contribution in [0.1, 0.15) is 20.7 Å². The molecule has 0 aliphatic carbocycles. The number of non-ortho nitro benzene ring substituents is 1. The van der Waals surface area contributed by atoms with Crippen LogP contribution in [0.3, 0.4) is 0 Å². The van der Waals surface area contributed by atoms with Crippen molar-refractivity contribution in [2.45, 2.75) is 6.54 Å². The standard InChI is InChI=1S/C20H14N4O5S/c1-2-9-22-15-8-7-12(24(28)29)10-16(15)30-20(22)21-17(25)11-23-18(26)13-5-3-4-6-14(13)19(23)27/h2-8,10H,1,9,11H2. The molecule has 10 heteroatoms. The van der Waals surface area contributed by atoms with Crippen LogP contribution >= 0.6 is 11.3 Å². The number of aromatic nitrogens is 1. The van der Waals surface area contributed by atoms with Gasteiger partial charge in [-0.3, -0.25) is 29.4 Å². The first kappa shape index (κ1) is 19.4. The largest absolute Gasteiger partial charge is 0.312 e. The highest BCUT2D eigenvalue weighted by Gasteiger charge is 2.36. The molecule has 0 N–H and O–H groups in total. The van der Waals surface area contributed by atoms with Crippen LogP contribution < -0.4 is 4.80 Å². The van der Waals surface area contributed by atoms with Gasteiger partial charge in [-0.2, -0.15) is 4.99 Å². The molecule has 0 radical (unpaired) electrons. The highest BCUT2D eigenvalue weighted by molar-refractivity contribution is 7.16. The lowest BCUT2D eigenvalue weighted by Gasteiger charge is -2.10. The van der Waals surface area contributed by atoms with Gasteiger partial charge in [0.2, 0.25) is 0 Å². The normalized spacial score (nSPS) is 13.7. The van der Waals surface area contributed by atoms with E-state index in [1.54, 1.807) is 28.8 Å². The Bertz CT molecular complexity index is 1290. The molecule has 3 amide bonds. The third kappa shape index (κ3) is 3.22. The molecule has 3 aromatic rings. The third-order valence-corrected chi connectivity index (χ3v) is 5.62. The average molecular weight is 422 g/mol. The van der Waals surface area contributed by atoms with Gasteiger partial charge in [0.25, 0.3) is 23.4 Å². The first-order valence-corrected chi connectivity index (χ1v) is 9.64. The summed E-state index contributed by atoms with van der Waals surface area (Å²) in [6.45, 7) is 3.52. The molecule has 30 heavy (non-hydrogen) atoms. The number of nitro groups is 1. The maximum atomic E-state index is 12.6. The van der Waals surface area contributed by atoms with Crippen molar-refractivity contribution >= 4 is 45.0 Å². The van der Waals surface area contributed by atoms with Crippen molar-refractivity contribution < 1.29 is 19.3 Å². The minimum atomic E-state index is -0.677. The number of carbonyl (C=O) groups excluding carboxylic acids is 3. The molecule has 150 valence electrons. The van der Waals surface area contributed by atoms with Crippen LogP contribution in [0.25, 0.3) is 10.2 Å². The predicted octanol–water partition coefficient (Wildman–Crippen LogP) is 2.52. The molecule has 0 spiro atoms. The fourth-order valence-electron chi connectivity index (χ4n) is 3.23. The summed E-state index contributed by atoms with van der Waals surface area (Å²) >= 11 is 1.11. The number of amides is 3. The monoisotopic (exact) mass is 422 g/mol. The molecule has 1 aliphatic heterocycles. The van der Waals surface area contributed by atoms with Crippen molar-refractivity contribution in [1.29, 1.82) is 0 Å². The van der Waals surface area contributed by atoms with Gasteiger partial charge in [0.1, 0.15) is 6.54 Å². The predicted molar refractivity (Wildman–Crippen MR) is 109 cm³/mol. The van der Waals surface area contributed by atoms with Crippen molar-refractivity contribution in [2.24, 2.45) is 4.99 Å². The number of rotatable bonds is 5. The van der Waals surface area contributed by atoms with E-state index in [-0.39, 0.29) is 16.8 Å². The number of nitro benzene ring substituents is 1. The van der Waals surface area contributed by atoms with Crippen LogP contribution in [-0.2, 0) is 11.3 Å². The van der Waals surface area contributed by atoms with Crippen LogP contribution in [0.2, 0.25) is 0 Å². The second-order valence-corrected chi connectivity index (χ2v) is 7.45. The number of carbonyl (C=O) groups is 3. The molecule has 9 nitrogen and oxygen atoms in total. The highest BCUT2D eigenvalue weighted by atomic mass is 32.1. The van der Waals surface area contributed by atoms with Crippen LogP contribution in [0, 0.1) is 10.1 Å². The molecule has 0 fully saturated rings. The van der Waals surface area contributed by atoms with E-state index in [0.29, 0.717) is 21.6 Å². The van der Waals surface area contributed by atoms with Gasteiger partial charge in [-0.15, -0.1) is 6.58 Å². The maximum absolute atomic E-state index is 12.6. The molecule has 0 atom stereocenters. The average Bonchev–Trinajstić information content (AvgIpc) is 3.18. The number of benzene rings is 2. The van der Waals surface area contributed by atoms with Gasteiger partial charge in [0.15, 0.2) is 4.80 Å². The van der Waals surface area contributed by atoms with E-state index in [9.17, 15) is 24.5 Å². The van der Waals surface area contributed by atoms with Crippen LogP contribution in [0.5, 0.6) is 0 Å². The Hall–Kier alpha value is -3.92. The molecular weight excluding hydrogens is 408 g/mol. The highest BCUT2D eigenvalue weighted by Crippen LogP contribution is 2.24. The maximum Gasteiger partial charge on any atom is 0.270 e. The Morgan fingerprint density at radius 2 is 1.83 bits per heavy atom. The zero-order valence-corrected chi connectivity index (χ0v) is 16.3. The summed E-state index contributed by atoms with van der Waals surface area (Å²) in [6, 6.07) is 10.7. The lowest BCUT2D eigenvalue weighted by Crippen LogP contribution is -2.35. The molecule has 2 heterocycles. The molecule has 0 bridgehead atoms. The minimum Gasteiger partial charge on any atom is -0.312 e. The quantitative estimate of drug-likeness (QED) is 0.271.